The molecule has 0 saturated heterocycles. The Morgan fingerprint density at radius 2 is 1.76 bits per heavy atom. The van der Waals surface area contributed by atoms with Crippen LogP contribution in [0.15, 0.2) is 54.6 Å². The lowest BCUT2D eigenvalue weighted by atomic mass is 10.2. The molecule has 0 bridgehead atoms. The molecule has 21 heavy (non-hydrogen) atoms. The molecule has 0 spiro atoms. The summed E-state index contributed by atoms with van der Waals surface area (Å²) in [6.07, 6.45) is 0. The van der Waals surface area contributed by atoms with Crippen molar-refractivity contribution in [3.63, 3.8) is 0 Å². The number of hydrogen-bond acceptors (Lipinski definition) is 4. The predicted molar refractivity (Wildman–Crippen MR) is 78.1 cm³/mol. The topological polar surface area (TPSA) is 67.8 Å². The van der Waals surface area contributed by atoms with E-state index < -0.39 is 5.97 Å². The average Bonchev–Trinajstić information content (AvgIpc) is 2.52. The molecular formula is C16H17NO4. The summed E-state index contributed by atoms with van der Waals surface area (Å²) in [5.41, 5.74) is 4.15. The van der Waals surface area contributed by atoms with Crippen LogP contribution in [-0.2, 0) is 11.4 Å². The normalized spacial score (nSPS) is 10.3. The fraction of sp³-hybridized carbons (Fsp3) is 0.188. The summed E-state index contributed by atoms with van der Waals surface area (Å²) >= 11 is 0. The van der Waals surface area contributed by atoms with Crippen LogP contribution in [0, 0.1) is 0 Å². The van der Waals surface area contributed by atoms with Gasteiger partial charge in [0, 0.05) is 0 Å². The molecule has 0 aliphatic rings. The van der Waals surface area contributed by atoms with Gasteiger partial charge in [0.25, 0.3) is 0 Å². The molecular weight excluding hydrogens is 270 g/mol. The maximum atomic E-state index is 10.7. The largest absolute Gasteiger partial charge is 0.492 e. The van der Waals surface area contributed by atoms with Gasteiger partial charge in [0.1, 0.15) is 12.4 Å². The van der Waals surface area contributed by atoms with Crippen LogP contribution in [0.3, 0.4) is 0 Å². The van der Waals surface area contributed by atoms with E-state index in [4.69, 9.17) is 14.7 Å². The summed E-state index contributed by atoms with van der Waals surface area (Å²) < 4.78 is 5.46. The number of carboxylic acid groups (broad SMARTS) is 1. The minimum Gasteiger partial charge on any atom is -0.492 e. The van der Waals surface area contributed by atoms with Crippen LogP contribution in [0.2, 0.25) is 0 Å². The quantitative estimate of drug-likeness (QED) is 0.576. The monoisotopic (exact) mass is 287 g/mol. The molecule has 0 heterocycles. The fourth-order valence-electron chi connectivity index (χ4n) is 1.69. The molecule has 0 aliphatic heterocycles. The molecule has 0 aliphatic carbocycles. The molecule has 2 aromatic rings. The van der Waals surface area contributed by atoms with E-state index in [2.05, 4.69) is 5.48 Å². The van der Waals surface area contributed by atoms with E-state index in [1.54, 1.807) is 12.1 Å². The van der Waals surface area contributed by atoms with E-state index in [1.165, 1.54) is 12.1 Å². The molecule has 2 N–H and O–H groups in total. The van der Waals surface area contributed by atoms with Gasteiger partial charge in [-0.25, -0.2) is 4.79 Å². The molecule has 0 amide bonds. The second kappa shape index (κ2) is 8.04. The SMILES string of the molecule is O=C(O)c1ccc(OCCNOCc2ccccc2)cc1. The third kappa shape index (κ3) is 5.25. The van der Waals surface area contributed by atoms with E-state index in [1.807, 2.05) is 30.3 Å². The van der Waals surface area contributed by atoms with Gasteiger partial charge in [0.15, 0.2) is 0 Å². The zero-order valence-corrected chi connectivity index (χ0v) is 11.5. The zero-order chi connectivity index (χ0) is 14.9. The van der Waals surface area contributed by atoms with Crippen molar-refractivity contribution in [2.24, 2.45) is 0 Å². The molecule has 5 nitrogen and oxygen atoms in total. The Hall–Kier alpha value is -2.37. The lowest BCUT2D eigenvalue weighted by Crippen LogP contribution is -2.21. The number of rotatable bonds is 8. The number of aromatic carboxylic acids is 1. The third-order valence-electron chi connectivity index (χ3n) is 2.76. The third-order valence-corrected chi connectivity index (χ3v) is 2.76. The molecule has 0 radical (unpaired) electrons. The van der Waals surface area contributed by atoms with Crippen molar-refractivity contribution in [3.8, 4) is 5.75 Å². The molecule has 110 valence electrons. The minimum absolute atomic E-state index is 0.242. The van der Waals surface area contributed by atoms with Gasteiger partial charge in [-0.3, -0.25) is 4.84 Å². The van der Waals surface area contributed by atoms with Crippen LogP contribution < -0.4 is 10.2 Å². The summed E-state index contributed by atoms with van der Waals surface area (Å²) in [5, 5.41) is 8.78. The van der Waals surface area contributed by atoms with Gasteiger partial charge in [0.05, 0.1) is 18.7 Å². The molecule has 0 saturated carbocycles. The number of ether oxygens (including phenoxy) is 1. The Morgan fingerprint density at radius 1 is 1.05 bits per heavy atom. The summed E-state index contributed by atoms with van der Waals surface area (Å²) in [7, 11) is 0. The molecule has 0 aromatic heterocycles. The summed E-state index contributed by atoms with van der Waals surface area (Å²) in [6, 6.07) is 16.1. The Labute approximate surface area is 123 Å². The Kier molecular flexibility index (Phi) is 5.75. The molecule has 2 aromatic carbocycles. The van der Waals surface area contributed by atoms with E-state index in [-0.39, 0.29) is 5.56 Å². The first kappa shape index (κ1) is 15.0. The van der Waals surface area contributed by atoms with Crippen LogP contribution >= 0.6 is 0 Å². The first-order valence-electron chi connectivity index (χ1n) is 6.60. The van der Waals surface area contributed by atoms with Crippen molar-refractivity contribution < 1.29 is 19.5 Å². The zero-order valence-electron chi connectivity index (χ0n) is 11.5. The van der Waals surface area contributed by atoms with E-state index in [9.17, 15) is 4.79 Å². The highest BCUT2D eigenvalue weighted by molar-refractivity contribution is 5.87. The van der Waals surface area contributed by atoms with Crippen LogP contribution in [-0.4, -0.2) is 24.2 Å². The van der Waals surface area contributed by atoms with Crippen molar-refractivity contribution in [1.82, 2.24) is 5.48 Å². The molecule has 0 atom stereocenters. The van der Waals surface area contributed by atoms with Crippen LogP contribution in [0.4, 0.5) is 0 Å². The smallest absolute Gasteiger partial charge is 0.335 e. The van der Waals surface area contributed by atoms with E-state index in [0.717, 1.165) is 5.56 Å². The maximum Gasteiger partial charge on any atom is 0.335 e. The lowest BCUT2D eigenvalue weighted by molar-refractivity contribution is 0.0216. The van der Waals surface area contributed by atoms with Crippen LogP contribution in [0.5, 0.6) is 5.75 Å². The molecule has 0 unspecified atom stereocenters. The van der Waals surface area contributed by atoms with Crippen LogP contribution in [0.1, 0.15) is 15.9 Å². The van der Waals surface area contributed by atoms with Gasteiger partial charge in [-0.2, -0.15) is 5.48 Å². The Bertz CT molecular complexity index is 554. The summed E-state index contributed by atoms with van der Waals surface area (Å²) in [4.78, 5) is 16.0. The van der Waals surface area contributed by atoms with Gasteiger partial charge >= 0.3 is 5.97 Å². The second-order valence-electron chi connectivity index (χ2n) is 4.35. The molecule has 2 rings (SSSR count). The minimum atomic E-state index is -0.947. The highest BCUT2D eigenvalue weighted by Crippen LogP contribution is 2.11. The Balaban J connectivity index is 1.60. The summed E-state index contributed by atoms with van der Waals surface area (Å²) in [6.45, 7) is 1.46. The van der Waals surface area contributed by atoms with Gasteiger partial charge < -0.3 is 9.84 Å². The number of carboxylic acids is 1. The molecule has 0 fully saturated rings. The van der Waals surface area contributed by atoms with Crippen LogP contribution in [0.25, 0.3) is 0 Å². The van der Waals surface area contributed by atoms with Gasteiger partial charge in [-0.05, 0) is 29.8 Å². The van der Waals surface area contributed by atoms with E-state index >= 15 is 0 Å². The predicted octanol–water partition coefficient (Wildman–Crippen LogP) is 2.49. The average molecular weight is 287 g/mol. The van der Waals surface area contributed by atoms with Gasteiger partial charge in [-0.15, -0.1) is 0 Å². The molecule has 5 heteroatoms. The van der Waals surface area contributed by atoms with Gasteiger partial charge in [-0.1, -0.05) is 30.3 Å². The van der Waals surface area contributed by atoms with Gasteiger partial charge in [0.2, 0.25) is 0 Å². The highest BCUT2D eigenvalue weighted by Gasteiger charge is 2.01. The van der Waals surface area contributed by atoms with Crippen molar-refractivity contribution >= 4 is 5.97 Å². The first-order valence-corrected chi connectivity index (χ1v) is 6.60. The van der Waals surface area contributed by atoms with E-state index in [0.29, 0.717) is 25.5 Å². The number of carbonyl (C=O) groups is 1. The fourth-order valence-corrected chi connectivity index (χ4v) is 1.69. The second-order valence-corrected chi connectivity index (χ2v) is 4.35. The van der Waals surface area contributed by atoms with Crippen molar-refractivity contribution in [2.45, 2.75) is 6.61 Å². The van der Waals surface area contributed by atoms with Crippen molar-refractivity contribution in [1.29, 1.82) is 0 Å². The standard InChI is InChI=1S/C16H17NO4/c18-16(19)14-6-8-15(9-7-14)20-11-10-17-21-12-13-4-2-1-3-5-13/h1-9,17H,10-12H2,(H,18,19). The maximum absolute atomic E-state index is 10.7. The van der Waals surface area contributed by atoms with Crippen molar-refractivity contribution in [3.05, 3.63) is 65.7 Å². The number of nitrogens with one attached hydrogen (secondary N) is 1. The first-order chi connectivity index (χ1) is 10.3. The number of hydroxylamine groups is 1. The number of benzene rings is 2. The summed E-state index contributed by atoms with van der Waals surface area (Å²) in [5.74, 6) is -0.317. The lowest BCUT2D eigenvalue weighted by Gasteiger charge is -2.08. The highest BCUT2D eigenvalue weighted by atomic mass is 16.6. The Morgan fingerprint density at radius 3 is 2.43 bits per heavy atom. The number of hydrogen-bond donors (Lipinski definition) is 2. The van der Waals surface area contributed by atoms with Crippen molar-refractivity contribution in [2.75, 3.05) is 13.2 Å².